The zero-order valence-corrected chi connectivity index (χ0v) is 10.2. The molecule has 2 aromatic rings. The average molecular weight is 252 g/mol. The molecule has 0 fully saturated rings. The number of rotatable bonds is 0. The zero-order chi connectivity index (χ0) is 14.1. The van der Waals surface area contributed by atoms with E-state index in [1.54, 1.807) is 36.4 Å². The first-order valence-corrected chi connectivity index (χ1v) is 5.45. The van der Waals surface area contributed by atoms with E-state index in [0.29, 0.717) is 16.9 Å². The van der Waals surface area contributed by atoms with Crippen molar-refractivity contribution in [2.75, 3.05) is 11.5 Å². The van der Waals surface area contributed by atoms with Crippen molar-refractivity contribution >= 4 is 11.4 Å². The lowest BCUT2D eigenvalue weighted by Gasteiger charge is -1.90. The average Bonchev–Trinajstić information content (AvgIpc) is 2.42. The van der Waals surface area contributed by atoms with Crippen molar-refractivity contribution in [3.05, 3.63) is 59.7 Å². The SMILES string of the molecule is C#Cc1cccc(N)c1.Nc1ccc(C#CF)cc1. The Kier molecular flexibility index (Phi) is 5.53. The topological polar surface area (TPSA) is 52.0 Å². The van der Waals surface area contributed by atoms with Crippen LogP contribution in [0.1, 0.15) is 11.1 Å². The van der Waals surface area contributed by atoms with E-state index >= 15 is 0 Å². The van der Waals surface area contributed by atoms with Crippen molar-refractivity contribution in [3.63, 3.8) is 0 Å². The van der Waals surface area contributed by atoms with Gasteiger partial charge in [-0.2, -0.15) is 0 Å². The van der Waals surface area contributed by atoms with Gasteiger partial charge in [-0.05, 0) is 48.4 Å². The minimum atomic E-state index is 0.636. The van der Waals surface area contributed by atoms with Gasteiger partial charge in [0.2, 0.25) is 0 Å². The monoisotopic (exact) mass is 252 g/mol. The van der Waals surface area contributed by atoms with Crippen LogP contribution >= 0.6 is 0 Å². The van der Waals surface area contributed by atoms with Crippen LogP contribution in [0.15, 0.2) is 48.5 Å². The minimum absolute atomic E-state index is 0.636. The van der Waals surface area contributed by atoms with Gasteiger partial charge in [-0.3, -0.25) is 0 Å². The number of hydrogen-bond donors (Lipinski definition) is 2. The zero-order valence-electron chi connectivity index (χ0n) is 10.2. The van der Waals surface area contributed by atoms with Crippen molar-refractivity contribution in [3.8, 4) is 24.4 Å². The maximum atomic E-state index is 11.4. The lowest BCUT2D eigenvalue weighted by atomic mass is 10.2. The second kappa shape index (κ2) is 7.42. The molecule has 0 spiro atoms. The summed E-state index contributed by atoms with van der Waals surface area (Å²) in [4.78, 5) is 0. The standard InChI is InChI=1S/C8H6FN.C8H7N/c9-6-5-7-1-3-8(10)4-2-7;1-2-7-4-3-5-8(9)6-7/h1-4H,10H2;1,3-6H,9H2. The Balaban J connectivity index is 0.000000191. The molecule has 3 heteroatoms. The molecule has 2 nitrogen and oxygen atoms in total. The smallest absolute Gasteiger partial charge is 0.111 e. The molecule has 0 aromatic heterocycles. The molecule has 19 heavy (non-hydrogen) atoms. The molecule has 0 aliphatic carbocycles. The Bertz CT molecular complexity index is 628. The van der Waals surface area contributed by atoms with Crippen molar-refractivity contribution in [1.82, 2.24) is 0 Å². The fourth-order valence-corrected chi connectivity index (χ4v) is 1.25. The van der Waals surface area contributed by atoms with Gasteiger partial charge in [0.25, 0.3) is 0 Å². The number of terminal acetylenes is 1. The minimum Gasteiger partial charge on any atom is -0.399 e. The molecule has 0 radical (unpaired) electrons. The van der Waals surface area contributed by atoms with Crippen molar-refractivity contribution in [1.29, 1.82) is 0 Å². The van der Waals surface area contributed by atoms with Crippen LogP contribution in [0, 0.1) is 24.4 Å². The third-order valence-corrected chi connectivity index (χ3v) is 2.16. The molecule has 0 saturated carbocycles. The second-order valence-corrected chi connectivity index (χ2v) is 3.61. The molecule has 0 amide bonds. The summed E-state index contributed by atoms with van der Waals surface area (Å²) in [6.45, 7) is 0. The van der Waals surface area contributed by atoms with Gasteiger partial charge in [0.05, 0.1) is 0 Å². The molecule has 0 aliphatic rings. The second-order valence-electron chi connectivity index (χ2n) is 3.61. The highest BCUT2D eigenvalue weighted by atomic mass is 19.1. The number of nitrogen functional groups attached to an aromatic ring is 2. The summed E-state index contributed by atoms with van der Waals surface area (Å²) in [5.74, 6) is 4.75. The van der Waals surface area contributed by atoms with Crippen LogP contribution in [-0.2, 0) is 0 Å². The van der Waals surface area contributed by atoms with Crippen LogP contribution in [-0.4, -0.2) is 0 Å². The Morgan fingerprint density at radius 3 is 2.05 bits per heavy atom. The highest BCUT2D eigenvalue weighted by Gasteiger charge is 1.85. The van der Waals surface area contributed by atoms with Gasteiger partial charge >= 0.3 is 0 Å². The number of halogens is 1. The van der Waals surface area contributed by atoms with E-state index in [-0.39, 0.29) is 0 Å². The number of anilines is 2. The quantitative estimate of drug-likeness (QED) is 0.559. The lowest BCUT2D eigenvalue weighted by molar-refractivity contribution is 0.774. The first-order valence-electron chi connectivity index (χ1n) is 5.45. The van der Waals surface area contributed by atoms with Crippen LogP contribution in [0.2, 0.25) is 0 Å². The van der Waals surface area contributed by atoms with Gasteiger partial charge < -0.3 is 11.5 Å². The van der Waals surface area contributed by atoms with Crippen molar-refractivity contribution in [2.45, 2.75) is 0 Å². The Hall–Kier alpha value is -2.91. The largest absolute Gasteiger partial charge is 0.399 e. The molecular formula is C16H13FN2. The van der Waals surface area contributed by atoms with Crippen molar-refractivity contribution < 1.29 is 4.39 Å². The third kappa shape index (κ3) is 5.30. The number of hydrogen-bond acceptors (Lipinski definition) is 2. The highest BCUT2D eigenvalue weighted by Crippen LogP contribution is 2.04. The summed E-state index contributed by atoms with van der Waals surface area (Å²) in [6.07, 6.45) is 6.43. The first kappa shape index (κ1) is 14.2. The summed E-state index contributed by atoms with van der Waals surface area (Å²) in [7, 11) is 0. The summed E-state index contributed by atoms with van der Waals surface area (Å²) >= 11 is 0. The predicted octanol–water partition coefficient (Wildman–Crippen LogP) is 2.80. The fraction of sp³-hybridized carbons (Fsp3) is 0. The van der Waals surface area contributed by atoms with Crippen LogP contribution in [0.25, 0.3) is 0 Å². The highest BCUT2D eigenvalue weighted by molar-refractivity contribution is 5.46. The summed E-state index contributed by atoms with van der Waals surface area (Å²) in [6, 6.07) is 13.9. The normalized spacial score (nSPS) is 8.21. The van der Waals surface area contributed by atoms with Gasteiger partial charge in [-0.25, -0.2) is 0 Å². The van der Waals surface area contributed by atoms with Gasteiger partial charge in [0.1, 0.15) is 6.17 Å². The van der Waals surface area contributed by atoms with Gasteiger partial charge in [-0.15, -0.1) is 10.8 Å². The van der Waals surface area contributed by atoms with Gasteiger partial charge in [0, 0.05) is 22.5 Å². The van der Waals surface area contributed by atoms with Crippen LogP contribution < -0.4 is 11.5 Å². The number of nitrogens with two attached hydrogens (primary N) is 2. The fourth-order valence-electron chi connectivity index (χ4n) is 1.25. The van der Waals surface area contributed by atoms with Crippen LogP contribution in [0.3, 0.4) is 0 Å². The molecule has 0 aliphatic heterocycles. The Morgan fingerprint density at radius 2 is 1.58 bits per heavy atom. The van der Waals surface area contributed by atoms with E-state index in [9.17, 15) is 4.39 Å². The molecule has 0 saturated heterocycles. The lowest BCUT2D eigenvalue weighted by Crippen LogP contribution is -1.83. The van der Waals surface area contributed by atoms with E-state index in [1.165, 1.54) is 6.17 Å². The van der Waals surface area contributed by atoms with E-state index in [2.05, 4.69) is 11.8 Å². The molecule has 94 valence electrons. The van der Waals surface area contributed by atoms with Gasteiger partial charge in [-0.1, -0.05) is 12.0 Å². The summed E-state index contributed by atoms with van der Waals surface area (Å²) in [5, 5.41) is 0. The molecule has 2 rings (SSSR count). The molecule has 0 bridgehead atoms. The third-order valence-electron chi connectivity index (χ3n) is 2.16. The predicted molar refractivity (Wildman–Crippen MR) is 77.6 cm³/mol. The molecule has 0 unspecified atom stereocenters. The van der Waals surface area contributed by atoms with Crippen LogP contribution in [0.4, 0.5) is 15.8 Å². The van der Waals surface area contributed by atoms with Crippen LogP contribution in [0.5, 0.6) is 0 Å². The number of benzene rings is 2. The van der Waals surface area contributed by atoms with E-state index in [4.69, 9.17) is 17.9 Å². The molecule has 0 heterocycles. The maximum absolute atomic E-state index is 11.4. The molecule has 0 atom stereocenters. The summed E-state index contributed by atoms with van der Waals surface area (Å²) < 4.78 is 11.4. The Labute approximate surface area is 112 Å². The van der Waals surface area contributed by atoms with E-state index in [1.807, 2.05) is 12.1 Å². The van der Waals surface area contributed by atoms with Gasteiger partial charge in [0.15, 0.2) is 0 Å². The Morgan fingerprint density at radius 1 is 0.895 bits per heavy atom. The molecular weight excluding hydrogens is 239 g/mol. The van der Waals surface area contributed by atoms with Crippen molar-refractivity contribution in [2.24, 2.45) is 0 Å². The molecule has 2 aromatic carbocycles. The maximum Gasteiger partial charge on any atom is 0.111 e. The van der Waals surface area contributed by atoms with E-state index < -0.39 is 0 Å². The summed E-state index contributed by atoms with van der Waals surface area (Å²) in [5.41, 5.74) is 13.7. The van der Waals surface area contributed by atoms with E-state index in [0.717, 1.165) is 5.56 Å². The molecule has 4 N–H and O–H groups in total. The first-order chi connectivity index (χ1) is 9.15.